The van der Waals surface area contributed by atoms with E-state index in [2.05, 4.69) is 22.4 Å². The van der Waals surface area contributed by atoms with Gasteiger partial charge < -0.3 is 15.1 Å². The van der Waals surface area contributed by atoms with Crippen molar-refractivity contribution in [2.75, 3.05) is 44.2 Å². The first-order chi connectivity index (χ1) is 12.3. The number of aromatic nitrogens is 2. The van der Waals surface area contributed by atoms with Crippen LogP contribution in [0.2, 0.25) is 0 Å². The fourth-order valence-corrected chi connectivity index (χ4v) is 5.24. The lowest BCUT2D eigenvalue weighted by Crippen LogP contribution is -2.51. The van der Waals surface area contributed by atoms with E-state index >= 15 is 0 Å². The van der Waals surface area contributed by atoms with Crippen LogP contribution in [-0.4, -0.2) is 60.3 Å². The Bertz CT molecular complexity index is 694. The SMILES string of the molecule is CC1(C(=O)N2CCN(c3nnc(C(F)(F)F)s3)CC2)CC12CCNCC2. The van der Waals surface area contributed by atoms with E-state index in [4.69, 9.17) is 0 Å². The first kappa shape index (κ1) is 18.0. The molecule has 1 spiro atoms. The molecule has 3 fully saturated rings. The van der Waals surface area contributed by atoms with E-state index in [-0.39, 0.29) is 21.9 Å². The average molecular weight is 389 g/mol. The van der Waals surface area contributed by atoms with Crippen molar-refractivity contribution >= 4 is 22.4 Å². The molecule has 6 nitrogen and oxygen atoms in total. The first-order valence-electron chi connectivity index (χ1n) is 8.91. The predicted octanol–water partition coefficient (Wildman–Crippen LogP) is 1.99. The molecule has 1 N–H and O–H groups in total. The molecule has 4 rings (SSSR count). The topological polar surface area (TPSA) is 61.4 Å². The zero-order valence-corrected chi connectivity index (χ0v) is 15.4. The van der Waals surface area contributed by atoms with Crippen LogP contribution in [-0.2, 0) is 11.0 Å². The highest BCUT2D eigenvalue weighted by molar-refractivity contribution is 7.15. The lowest BCUT2D eigenvalue weighted by atomic mass is 9.85. The molecule has 3 heterocycles. The fourth-order valence-electron chi connectivity index (χ4n) is 4.48. The van der Waals surface area contributed by atoms with Gasteiger partial charge in [-0.1, -0.05) is 18.3 Å². The Labute approximate surface area is 153 Å². The average Bonchev–Trinajstić information content (AvgIpc) is 3.00. The van der Waals surface area contributed by atoms with Crippen LogP contribution in [0.25, 0.3) is 0 Å². The minimum atomic E-state index is -4.46. The minimum Gasteiger partial charge on any atom is -0.343 e. The number of piperidine rings is 1. The summed E-state index contributed by atoms with van der Waals surface area (Å²) in [6.45, 7) is 6.02. The first-order valence-corrected chi connectivity index (χ1v) is 9.73. The highest BCUT2D eigenvalue weighted by Gasteiger charge is 2.68. The van der Waals surface area contributed by atoms with Gasteiger partial charge in [0.2, 0.25) is 16.0 Å². The van der Waals surface area contributed by atoms with Gasteiger partial charge in [-0.15, -0.1) is 10.2 Å². The number of piperazine rings is 1. The second kappa shape index (κ2) is 6.05. The van der Waals surface area contributed by atoms with Crippen molar-refractivity contribution in [3.05, 3.63) is 5.01 Å². The van der Waals surface area contributed by atoms with Gasteiger partial charge in [-0.05, 0) is 37.8 Å². The summed E-state index contributed by atoms with van der Waals surface area (Å²) in [4.78, 5) is 16.7. The van der Waals surface area contributed by atoms with Gasteiger partial charge in [0.25, 0.3) is 0 Å². The molecule has 2 saturated heterocycles. The summed E-state index contributed by atoms with van der Waals surface area (Å²) in [6.07, 6.45) is -1.43. The summed E-state index contributed by atoms with van der Waals surface area (Å²) in [6, 6.07) is 0. The van der Waals surface area contributed by atoms with Crippen LogP contribution in [0, 0.1) is 10.8 Å². The van der Waals surface area contributed by atoms with Gasteiger partial charge in [0.15, 0.2) is 0 Å². The second-order valence-corrected chi connectivity index (χ2v) is 8.66. The molecular formula is C16H22F3N5OS. The maximum absolute atomic E-state index is 13.0. The Hall–Kier alpha value is -1.42. The number of rotatable bonds is 2. The second-order valence-electron chi connectivity index (χ2n) is 7.71. The number of carbonyl (C=O) groups is 1. The quantitative estimate of drug-likeness (QED) is 0.838. The third kappa shape index (κ3) is 2.87. The van der Waals surface area contributed by atoms with Gasteiger partial charge >= 0.3 is 6.18 Å². The molecule has 1 aromatic heterocycles. The van der Waals surface area contributed by atoms with Gasteiger partial charge in [0, 0.05) is 26.2 Å². The molecule has 0 bridgehead atoms. The van der Waals surface area contributed by atoms with Crippen LogP contribution >= 0.6 is 11.3 Å². The molecular weight excluding hydrogens is 367 g/mol. The maximum Gasteiger partial charge on any atom is 0.445 e. The van der Waals surface area contributed by atoms with Crippen molar-refractivity contribution in [1.29, 1.82) is 0 Å². The Balaban J connectivity index is 1.37. The summed E-state index contributed by atoms with van der Waals surface area (Å²) in [5.41, 5.74) is -0.128. The summed E-state index contributed by atoms with van der Waals surface area (Å²) < 4.78 is 38.0. The van der Waals surface area contributed by atoms with Gasteiger partial charge in [0.1, 0.15) is 0 Å². The lowest BCUT2D eigenvalue weighted by Gasteiger charge is -2.37. The number of amides is 1. The van der Waals surface area contributed by atoms with Crippen molar-refractivity contribution < 1.29 is 18.0 Å². The summed E-state index contributed by atoms with van der Waals surface area (Å²) in [5, 5.41) is 9.61. The predicted molar refractivity (Wildman–Crippen MR) is 91.0 cm³/mol. The number of alkyl halides is 3. The van der Waals surface area contributed by atoms with E-state index in [1.807, 2.05) is 4.90 Å². The van der Waals surface area contributed by atoms with Crippen LogP contribution in [0.15, 0.2) is 0 Å². The number of anilines is 1. The van der Waals surface area contributed by atoms with Crippen molar-refractivity contribution in [1.82, 2.24) is 20.4 Å². The zero-order chi connectivity index (χ0) is 18.6. The molecule has 0 radical (unpaired) electrons. The van der Waals surface area contributed by atoms with Crippen LogP contribution < -0.4 is 10.2 Å². The Morgan fingerprint density at radius 2 is 1.81 bits per heavy atom. The van der Waals surface area contributed by atoms with Crippen molar-refractivity contribution in [2.24, 2.45) is 10.8 Å². The molecule has 144 valence electrons. The highest BCUT2D eigenvalue weighted by atomic mass is 32.1. The number of hydrogen-bond acceptors (Lipinski definition) is 6. The van der Waals surface area contributed by atoms with Crippen molar-refractivity contribution in [3.8, 4) is 0 Å². The highest BCUT2D eigenvalue weighted by Crippen LogP contribution is 2.69. The molecule has 3 aliphatic rings. The molecule has 1 unspecified atom stereocenters. The van der Waals surface area contributed by atoms with Gasteiger partial charge in [-0.25, -0.2) is 0 Å². The van der Waals surface area contributed by atoms with E-state index in [1.54, 1.807) is 4.90 Å². The molecule has 26 heavy (non-hydrogen) atoms. The number of halogens is 3. The van der Waals surface area contributed by atoms with E-state index < -0.39 is 11.2 Å². The largest absolute Gasteiger partial charge is 0.445 e. The normalized spacial score (nSPS) is 28.5. The lowest BCUT2D eigenvalue weighted by molar-refractivity contribution is -0.139. The third-order valence-electron chi connectivity index (χ3n) is 6.26. The smallest absolute Gasteiger partial charge is 0.343 e. The molecule has 2 aliphatic heterocycles. The molecule has 10 heteroatoms. The summed E-state index contributed by atoms with van der Waals surface area (Å²) >= 11 is 0.560. The monoisotopic (exact) mass is 389 g/mol. The number of nitrogens with zero attached hydrogens (tertiary/aromatic N) is 4. The zero-order valence-electron chi connectivity index (χ0n) is 14.6. The van der Waals surface area contributed by atoms with E-state index in [9.17, 15) is 18.0 Å². The Morgan fingerprint density at radius 1 is 1.15 bits per heavy atom. The van der Waals surface area contributed by atoms with Gasteiger partial charge in [-0.3, -0.25) is 4.79 Å². The van der Waals surface area contributed by atoms with Crippen LogP contribution in [0.1, 0.15) is 31.2 Å². The van der Waals surface area contributed by atoms with E-state index in [0.717, 1.165) is 32.4 Å². The summed E-state index contributed by atoms with van der Waals surface area (Å²) in [5.74, 6) is 0.201. The van der Waals surface area contributed by atoms with Crippen LogP contribution in [0.3, 0.4) is 0 Å². The molecule has 0 aromatic carbocycles. The fraction of sp³-hybridized carbons (Fsp3) is 0.812. The third-order valence-corrected chi connectivity index (χ3v) is 7.29. The minimum absolute atomic E-state index is 0.146. The van der Waals surface area contributed by atoms with E-state index in [1.165, 1.54) is 0 Å². The molecule has 1 atom stereocenters. The number of carbonyl (C=O) groups excluding carboxylic acids is 1. The number of hydrogen-bond donors (Lipinski definition) is 1. The molecule has 1 aromatic rings. The Kier molecular flexibility index (Phi) is 4.18. The number of nitrogens with one attached hydrogen (secondary N) is 1. The van der Waals surface area contributed by atoms with Gasteiger partial charge in [-0.2, -0.15) is 13.2 Å². The van der Waals surface area contributed by atoms with Gasteiger partial charge in [0.05, 0.1) is 5.41 Å². The molecule has 1 amide bonds. The molecule has 1 aliphatic carbocycles. The van der Waals surface area contributed by atoms with Crippen LogP contribution in [0.4, 0.5) is 18.3 Å². The summed E-state index contributed by atoms with van der Waals surface area (Å²) in [7, 11) is 0. The van der Waals surface area contributed by atoms with E-state index in [0.29, 0.717) is 37.5 Å². The van der Waals surface area contributed by atoms with Crippen molar-refractivity contribution in [3.63, 3.8) is 0 Å². The maximum atomic E-state index is 13.0. The molecule has 1 saturated carbocycles. The van der Waals surface area contributed by atoms with Crippen LogP contribution in [0.5, 0.6) is 0 Å². The standard InChI is InChI=1S/C16H22F3N5OS/c1-14(10-15(14)2-4-20-5-3-15)12(25)23-6-8-24(9-7-23)13-22-21-11(26-13)16(17,18)19/h20H,2-10H2,1H3. The van der Waals surface area contributed by atoms with Crippen molar-refractivity contribution in [2.45, 2.75) is 32.4 Å². The Morgan fingerprint density at radius 3 is 2.38 bits per heavy atom.